The van der Waals surface area contributed by atoms with Gasteiger partial charge in [0.05, 0.1) is 17.0 Å². The van der Waals surface area contributed by atoms with Crippen LogP contribution in [0.4, 0.5) is 0 Å². The lowest BCUT2D eigenvalue weighted by molar-refractivity contribution is -0.132. The fraction of sp³-hybridized carbons (Fsp3) is 0.882. The van der Waals surface area contributed by atoms with Crippen LogP contribution >= 0.6 is 24.0 Å². The molecule has 0 aliphatic carbocycles. The van der Waals surface area contributed by atoms with Crippen LogP contribution < -0.4 is 5.32 Å². The zero-order chi connectivity index (χ0) is 19.4. The monoisotopic (exact) mass is 515 g/mol. The molecule has 0 saturated carbocycles. The van der Waals surface area contributed by atoms with Gasteiger partial charge in [0.25, 0.3) is 0 Å². The molecule has 0 atom stereocenters. The largest absolute Gasteiger partial charge is 0.357 e. The average molecular weight is 515 g/mol. The van der Waals surface area contributed by atoms with Crippen molar-refractivity contribution in [2.75, 3.05) is 65.2 Å². The van der Waals surface area contributed by atoms with Gasteiger partial charge in [-0.1, -0.05) is 0 Å². The molecule has 0 aromatic carbocycles. The first kappa shape index (κ1) is 24.4. The van der Waals surface area contributed by atoms with E-state index >= 15 is 0 Å². The molecular formula is C17H34IN5O3S. The molecule has 0 spiro atoms. The lowest BCUT2D eigenvalue weighted by Gasteiger charge is -2.39. The number of rotatable bonds is 4. The van der Waals surface area contributed by atoms with Crippen molar-refractivity contribution >= 4 is 45.7 Å². The topological polar surface area (TPSA) is 85.3 Å². The van der Waals surface area contributed by atoms with Gasteiger partial charge < -0.3 is 20.0 Å². The Balaban J connectivity index is 0.00000364. The Morgan fingerprint density at radius 1 is 1.11 bits per heavy atom. The molecule has 0 radical (unpaired) electrons. The third-order valence-electron chi connectivity index (χ3n) is 5.12. The lowest BCUT2D eigenvalue weighted by Crippen LogP contribution is -2.57. The molecule has 2 aliphatic rings. The van der Waals surface area contributed by atoms with Crippen molar-refractivity contribution in [1.29, 1.82) is 0 Å². The number of nitrogens with zero attached hydrogens (tertiary/aromatic N) is 4. The first-order valence-electron chi connectivity index (χ1n) is 9.38. The molecule has 0 unspecified atom stereocenters. The quantitative estimate of drug-likeness (QED) is 0.328. The van der Waals surface area contributed by atoms with E-state index in [0.717, 1.165) is 26.2 Å². The van der Waals surface area contributed by atoms with Crippen molar-refractivity contribution in [2.45, 2.75) is 31.9 Å². The molecule has 0 bridgehead atoms. The van der Waals surface area contributed by atoms with Crippen molar-refractivity contribution in [1.82, 2.24) is 20.0 Å². The number of carbonyl (C=O) groups excluding carboxylic acids is 1. The van der Waals surface area contributed by atoms with E-state index in [4.69, 9.17) is 0 Å². The smallest absolute Gasteiger partial charge is 0.224 e. The number of hydrogen-bond donors (Lipinski definition) is 1. The molecule has 2 heterocycles. The summed E-state index contributed by atoms with van der Waals surface area (Å²) in [6.07, 6.45) is 0.383. The molecule has 0 aromatic rings. The fourth-order valence-corrected chi connectivity index (χ4v) is 4.59. The van der Waals surface area contributed by atoms with Crippen molar-refractivity contribution in [3.63, 3.8) is 0 Å². The summed E-state index contributed by atoms with van der Waals surface area (Å²) in [5, 5.41) is 3.23. The van der Waals surface area contributed by atoms with Crippen molar-refractivity contribution < 1.29 is 13.2 Å². The molecule has 158 valence electrons. The molecule has 2 rings (SSSR count). The second-order valence-electron chi connectivity index (χ2n) is 7.67. The summed E-state index contributed by atoms with van der Waals surface area (Å²) >= 11 is 0. The predicted molar refractivity (Wildman–Crippen MR) is 120 cm³/mol. The Morgan fingerprint density at radius 2 is 1.74 bits per heavy atom. The zero-order valence-corrected chi connectivity index (χ0v) is 20.0. The van der Waals surface area contributed by atoms with Crippen LogP contribution in [-0.4, -0.2) is 105 Å². The van der Waals surface area contributed by atoms with Gasteiger partial charge in [-0.15, -0.1) is 24.0 Å². The highest BCUT2D eigenvalue weighted by molar-refractivity contribution is 14.0. The number of amides is 1. The molecule has 2 saturated heterocycles. The van der Waals surface area contributed by atoms with E-state index in [-0.39, 0.29) is 35.6 Å². The van der Waals surface area contributed by atoms with Crippen LogP contribution in [0.15, 0.2) is 4.99 Å². The van der Waals surface area contributed by atoms with E-state index < -0.39 is 14.6 Å². The third-order valence-corrected chi connectivity index (χ3v) is 7.65. The standard InChI is InChI=1S/C17H33N5O3S.HI/c1-5-18-16(22-12-13-26(24,25)17(2,3)14-22)19-7-6-15(23)21-10-8-20(4)9-11-21;/h5-14H2,1-4H3,(H,18,19);1H. The van der Waals surface area contributed by atoms with Crippen LogP contribution in [0.5, 0.6) is 0 Å². The third kappa shape index (κ3) is 6.45. The van der Waals surface area contributed by atoms with Crippen LogP contribution in [0.25, 0.3) is 0 Å². The molecular weight excluding hydrogens is 481 g/mol. The van der Waals surface area contributed by atoms with Crippen molar-refractivity contribution in [3.8, 4) is 0 Å². The summed E-state index contributed by atoms with van der Waals surface area (Å²) in [5.74, 6) is 0.964. The minimum Gasteiger partial charge on any atom is -0.357 e. The number of hydrogen-bond acceptors (Lipinski definition) is 5. The number of guanidine groups is 1. The highest BCUT2D eigenvalue weighted by Gasteiger charge is 2.40. The predicted octanol–water partition coefficient (Wildman–Crippen LogP) is 0.243. The van der Waals surface area contributed by atoms with Gasteiger partial charge >= 0.3 is 0 Å². The number of aliphatic imine (C=N–C) groups is 1. The Bertz CT molecular complexity index is 630. The van der Waals surface area contributed by atoms with E-state index in [2.05, 4.69) is 22.3 Å². The molecule has 8 nitrogen and oxygen atoms in total. The molecule has 1 N–H and O–H groups in total. The Morgan fingerprint density at radius 3 is 2.30 bits per heavy atom. The van der Waals surface area contributed by atoms with E-state index in [1.54, 1.807) is 13.8 Å². The van der Waals surface area contributed by atoms with Crippen LogP contribution in [0.1, 0.15) is 27.2 Å². The summed E-state index contributed by atoms with van der Waals surface area (Å²) in [7, 11) is -1.02. The van der Waals surface area contributed by atoms with E-state index in [9.17, 15) is 13.2 Å². The number of nitrogens with one attached hydrogen (secondary N) is 1. The summed E-state index contributed by atoms with van der Waals surface area (Å²) in [4.78, 5) is 23.0. The fourth-order valence-electron chi connectivity index (χ4n) is 3.22. The number of halogens is 1. The van der Waals surface area contributed by atoms with Crippen LogP contribution in [-0.2, 0) is 14.6 Å². The van der Waals surface area contributed by atoms with Gasteiger partial charge in [-0.25, -0.2) is 8.42 Å². The van der Waals surface area contributed by atoms with Crippen molar-refractivity contribution in [3.05, 3.63) is 0 Å². The van der Waals surface area contributed by atoms with E-state index in [0.29, 0.717) is 38.6 Å². The summed E-state index contributed by atoms with van der Waals surface area (Å²) < 4.78 is 23.6. The zero-order valence-electron chi connectivity index (χ0n) is 16.9. The molecule has 2 aliphatic heterocycles. The molecule has 1 amide bonds. The van der Waals surface area contributed by atoms with Crippen LogP contribution in [0, 0.1) is 0 Å². The van der Waals surface area contributed by atoms with Gasteiger partial charge in [0.2, 0.25) is 5.91 Å². The Labute approximate surface area is 180 Å². The minimum atomic E-state index is -3.08. The summed E-state index contributed by atoms with van der Waals surface area (Å²) in [6.45, 7) is 10.8. The van der Waals surface area contributed by atoms with Gasteiger partial charge in [-0.3, -0.25) is 9.79 Å². The van der Waals surface area contributed by atoms with E-state index in [1.165, 1.54) is 0 Å². The summed E-state index contributed by atoms with van der Waals surface area (Å²) in [5.41, 5.74) is 0. The number of sulfone groups is 1. The van der Waals surface area contributed by atoms with Gasteiger partial charge in [-0.05, 0) is 27.8 Å². The second-order valence-corrected chi connectivity index (χ2v) is 10.4. The maximum absolute atomic E-state index is 12.3. The maximum Gasteiger partial charge on any atom is 0.224 e. The average Bonchev–Trinajstić information content (AvgIpc) is 2.57. The molecule has 2 fully saturated rings. The number of piperazine rings is 1. The minimum absolute atomic E-state index is 0. The first-order valence-corrected chi connectivity index (χ1v) is 11.0. The van der Waals surface area contributed by atoms with Gasteiger partial charge in [0, 0.05) is 52.2 Å². The molecule has 0 aromatic heterocycles. The Hall–Kier alpha value is -0.620. The number of carbonyl (C=O) groups is 1. The normalized spacial score (nSPS) is 22.9. The number of likely N-dealkylation sites (N-methyl/N-ethyl adjacent to an activating group) is 1. The highest BCUT2D eigenvalue weighted by atomic mass is 127. The van der Waals surface area contributed by atoms with Crippen LogP contribution in [0.3, 0.4) is 0 Å². The second kappa shape index (κ2) is 10.2. The highest BCUT2D eigenvalue weighted by Crippen LogP contribution is 2.23. The Kier molecular flexibility index (Phi) is 9.26. The lowest BCUT2D eigenvalue weighted by atomic mass is 10.2. The van der Waals surface area contributed by atoms with Gasteiger partial charge in [0.15, 0.2) is 15.8 Å². The first-order chi connectivity index (χ1) is 12.2. The van der Waals surface area contributed by atoms with Crippen LogP contribution in [0.2, 0.25) is 0 Å². The van der Waals surface area contributed by atoms with E-state index in [1.807, 2.05) is 16.7 Å². The van der Waals surface area contributed by atoms with Gasteiger partial charge in [0.1, 0.15) is 0 Å². The maximum atomic E-state index is 12.3. The SMILES string of the molecule is CCNC(=NCCC(=O)N1CCN(C)CC1)N1CCS(=O)(=O)C(C)(C)C1.I. The van der Waals surface area contributed by atoms with Crippen molar-refractivity contribution in [2.24, 2.45) is 4.99 Å². The molecule has 27 heavy (non-hydrogen) atoms. The molecule has 10 heteroatoms. The van der Waals surface area contributed by atoms with Gasteiger partial charge in [-0.2, -0.15) is 0 Å². The summed E-state index contributed by atoms with van der Waals surface area (Å²) in [6, 6.07) is 0.